The zero-order valence-corrected chi connectivity index (χ0v) is 11.6. The van der Waals surface area contributed by atoms with Crippen LogP contribution in [0.4, 0.5) is 0 Å². The van der Waals surface area contributed by atoms with Gasteiger partial charge in [0.05, 0.1) is 16.4 Å². The zero-order chi connectivity index (χ0) is 13.4. The number of nitrogens with two attached hydrogens (primary N) is 1. The van der Waals surface area contributed by atoms with Gasteiger partial charge in [-0.15, -0.1) is 0 Å². The first-order chi connectivity index (χ1) is 9.16. The Bertz CT molecular complexity index is 776. The van der Waals surface area contributed by atoms with Crippen molar-refractivity contribution < 1.29 is 0 Å². The van der Waals surface area contributed by atoms with Gasteiger partial charge in [0.1, 0.15) is 5.84 Å². The van der Waals surface area contributed by atoms with Gasteiger partial charge in [0, 0.05) is 17.1 Å². The van der Waals surface area contributed by atoms with Crippen LogP contribution in [0.15, 0.2) is 53.3 Å². The van der Waals surface area contributed by atoms with E-state index >= 15 is 0 Å². The summed E-state index contributed by atoms with van der Waals surface area (Å²) in [5, 5.41) is 13.9. The predicted molar refractivity (Wildman–Crippen MR) is 79.8 cm³/mol. The lowest BCUT2D eigenvalue weighted by atomic mass is 10.0. The lowest BCUT2D eigenvalue weighted by molar-refractivity contribution is 0.887. The second-order valence-corrected chi connectivity index (χ2v) is 5.11. The number of nitrogen functional groups attached to an aromatic ring is 1. The van der Waals surface area contributed by atoms with Crippen LogP contribution in [0, 0.1) is 5.41 Å². The first-order valence-electron chi connectivity index (χ1n) is 5.73. The van der Waals surface area contributed by atoms with Crippen molar-refractivity contribution in [1.82, 2.24) is 9.78 Å². The molecule has 0 unspecified atom stereocenters. The van der Waals surface area contributed by atoms with Gasteiger partial charge in [-0.2, -0.15) is 5.10 Å². The Hall–Kier alpha value is -2.14. The van der Waals surface area contributed by atoms with Crippen LogP contribution >= 0.6 is 15.9 Å². The van der Waals surface area contributed by atoms with Crippen LogP contribution in [0.25, 0.3) is 16.5 Å². The van der Waals surface area contributed by atoms with E-state index in [0.717, 1.165) is 26.5 Å². The van der Waals surface area contributed by atoms with E-state index in [-0.39, 0.29) is 5.84 Å². The zero-order valence-electron chi connectivity index (χ0n) is 9.97. The first kappa shape index (κ1) is 11.9. The summed E-state index contributed by atoms with van der Waals surface area (Å²) in [7, 11) is 0. The van der Waals surface area contributed by atoms with Gasteiger partial charge in [0.25, 0.3) is 0 Å². The molecular weight excluding hydrogens is 304 g/mol. The van der Waals surface area contributed by atoms with Gasteiger partial charge in [-0.3, -0.25) is 5.41 Å². The summed E-state index contributed by atoms with van der Waals surface area (Å²) in [4.78, 5) is 0. The number of hydrogen-bond donors (Lipinski definition) is 2. The van der Waals surface area contributed by atoms with Crippen molar-refractivity contribution in [3.05, 3.63) is 58.8 Å². The normalized spacial score (nSPS) is 10.8. The standard InChI is InChI=1S/C14H11BrN4/c15-9-7-18-19(8-9)13-6-5-12(14(16)17)10-3-1-2-4-11(10)13/h1-8H,(H3,16,17). The van der Waals surface area contributed by atoms with E-state index in [1.165, 1.54) is 0 Å². The Balaban J connectivity index is 2.34. The summed E-state index contributed by atoms with van der Waals surface area (Å²) in [6.07, 6.45) is 3.64. The molecule has 0 saturated carbocycles. The van der Waals surface area contributed by atoms with Crippen molar-refractivity contribution >= 4 is 32.5 Å². The molecule has 3 N–H and O–H groups in total. The summed E-state index contributed by atoms with van der Waals surface area (Å²) in [5.74, 6) is 0.0735. The fourth-order valence-electron chi connectivity index (χ4n) is 2.15. The van der Waals surface area contributed by atoms with Crippen molar-refractivity contribution in [3.63, 3.8) is 0 Å². The van der Waals surface area contributed by atoms with Gasteiger partial charge in [-0.05, 0) is 33.4 Å². The third-order valence-corrected chi connectivity index (χ3v) is 3.40. The second-order valence-electron chi connectivity index (χ2n) is 4.19. The van der Waals surface area contributed by atoms with E-state index in [4.69, 9.17) is 11.1 Å². The van der Waals surface area contributed by atoms with Gasteiger partial charge < -0.3 is 5.73 Å². The molecule has 3 rings (SSSR count). The van der Waals surface area contributed by atoms with Gasteiger partial charge in [-0.1, -0.05) is 24.3 Å². The molecule has 0 aliphatic rings. The van der Waals surface area contributed by atoms with E-state index in [9.17, 15) is 0 Å². The molecule has 0 fully saturated rings. The van der Waals surface area contributed by atoms with Crippen molar-refractivity contribution in [3.8, 4) is 5.69 Å². The summed E-state index contributed by atoms with van der Waals surface area (Å²) in [5.41, 5.74) is 7.33. The summed E-state index contributed by atoms with van der Waals surface area (Å²) >= 11 is 3.39. The number of amidine groups is 1. The van der Waals surface area contributed by atoms with Gasteiger partial charge >= 0.3 is 0 Å². The first-order valence-corrected chi connectivity index (χ1v) is 6.53. The predicted octanol–water partition coefficient (Wildman–Crippen LogP) is 3.07. The minimum atomic E-state index is 0.0735. The highest BCUT2D eigenvalue weighted by Gasteiger charge is 2.09. The highest BCUT2D eigenvalue weighted by molar-refractivity contribution is 9.10. The lowest BCUT2D eigenvalue weighted by Crippen LogP contribution is -2.12. The van der Waals surface area contributed by atoms with Crippen molar-refractivity contribution in [1.29, 1.82) is 5.41 Å². The number of fused-ring (bicyclic) bond motifs is 1. The molecule has 1 aromatic heterocycles. The Morgan fingerprint density at radius 2 is 1.89 bits per heavy atom. The minimum absolute atomic E-state index is 0.0735. The highest BCUT2D eigenvalue weighted by atomic mass is 79.9. The molecule has 1 heterocycles. The monoisotopic (exact) mass is 314 g/mol. The number of rotatable bonds is 2. The van der Waals surface area contributed by atoms with Crippen LogP contribution in [0.5, 0.6) is 0 Å². The quantitative estimate of drug-likeness (QED) is 0.564. The Morgan fingerprint density at radius 1 is 1.16 bits per heavy atom. The number of aromatic nitrogens is 2. The maximum atomic E-state index is 7.64. The molecule has 5 heteroatoms. The molecule has 0 aliphatic carbocycles. The van der Waals surface area contributed by atoms with Crippen molar-refractivity contribution in [2.75, 3.05) is 0 Å². The second kappa shape index (κ2) is 4.51. The molecule has 2 aromatic carbocycles. The molecule has 0 radical (unpaired) electrons. The SMILES string of the molecule is N=C(N)c1ccc(-n2cc(Br)cn2)c2ccccc12. The maximum absolute atomic E-state index is 7.64. The molecule has 3 aromatic rings. The van der Waals surface area contributed by atoms with Gasteiger partial charge in [0.2, 0.25) is 0 Å². The van der Waals surface area contributed by atoms with E-state index in [0.29, 0.717) is 0 Å². The number of nitrogens with zero attached hydrogens (tertiary/aromatic N) is 2. The highest BCUT2D eigenvalue weighted by Crippen LogP contribution is 2.25. The van der Waals surface area contributed by atoms with Gasteiger partial charge in [0.15, 0.2) is 0 Å². The van der Waals surface area contributed by atoms with E-state index in [1.54, 1.807) is 10.9 Å². The fourth-order valence-corrected chi connectivity index (χ4v) is 2.44. The number of benzene rings is 2. The summed E-state index contributed by atoms with van der Waals surface area (Å²) in [6, 6.07) is 11.7. The lowest BCUT2D eigenvalue weighted by Gasteiger charge is -2.10. The average molecular weight is 315 g/mol. The maximum Gasteiger partial charge on any atom is 0.123 e. The number of hydrogen-bond acceptors (Lipinski definition) is 2. The molecule has 0 spiro atoms. The van der Waals surface area contributed by atoms with E-state index in [1.807, 2.05) is 42.6 Å². The van der Waals surface area contributed by atoms with Crippen LogP contribution in [-0.2, 0) is 0 Å². The Kier molecular flexibility index (Phi) is 2.83. The van der Waals surface area contributed by atoms with Crippen LogP contribution in [0.2, 0.25) is 0 Å². The van der Waals surface area contributed by atoms with E-state index < -0.39 is 0 Å². The third-order valence-electron chi connectivity index (χ3n) is 2.99. The molecule has 0 saturated heterocycles. The van der Waals surface area contributed by atoms with Crippen LogP contribution in [0.3, 0.4) is 0 Å². The van der Waals surface area contributed by atoms with E-state index in [2.05, 4.69) is 21.0 Å². The number of halogens is 1. The molecule has 0 aliphatic heterocycles. The topological polar surface area (TPSA) is 67.7 Å². The molecule has 94 valence electrons. The molecule has 0 bridgehead atoms. The Morgan fingerprint density at radius 3 is 2.53 bits per heavy atom. The minimum Gasteiger partial charge on any atom is -0.384 e. The summed E-state index contributed by atoms with van der Waals surface area (Å²) < 4.78 is 2.73. The smallest absolute Gasteiger partial charge is 0.123 e. The summed E-state index contributed by atoms with van der Waals surface area (Å²) in [6.45, 7) is 0. The molecule has 0 atom stereocenters. The molecule has 0 amide bonds. The average Bonchev–Trinajstić information content (AvgIpc) is 2.83. The third kappa shape index (κ3) is 2.02. The van der Waals surface area contributed by atoms with Crippen LogP contribution < -0.4 is 5.73 Å². The van der Waals surface area contributed by atoms with Crippen molar-refractivity contribution in [2.45, 2.75) is 0 Å². The molecular formula is C14H11BrN4. The van der Waals surface area contributed by atoms with Crippen LogP contribution in [0.1, 0.15) is 5.56 Å². The van der Waals surface area contributed by atoms with Crippen molar-refractivity contribution in [2.24, 2.45) is 5.73 Å². The molecule has 19 heavy (non-hydrogen) atoms. The number of nitrogens with one attached hydrogen (secondary N) is 1. The molecule has 4 nitrogen and oxygen atoms in total. The fraction of sp³-hybridized carbons (Fsp3) is 0. The van der Waals surface area contributed by atoms with Crippen LogP contribution in [-0.4, -0.2) is 15.6 Å². The van der Waals surface area contributed by atoms with Gasteiger partial charge in [-0.25, -0.2) is 4.68 Å². The largest absolute Gasteiger partial charge is 0.384 e. The Labute approximate surface area is 118 Å².